The van der Waals surface area contributed by atoms with Gasteiger partial charge in [-0.25, -0.2) is 0 Å². The Morgan fingerprint density at radius 1 is 0.889 bits per heavy atom. The molecule has 0 saturated heterocycles. The summed E-state index contributed by atoms with van der Waals surface area (Å²) in [7, 11) is 0. The fourth-order valence-electron chi connectivity index (χ4n) is 3.54. The van der Waals surface area contributed by atoms with Crippen molar-refractivity contribution in [3.8, 4) is 0 Å². The highest BCUT2D eigenvalue weighted by molar-refractivity contribution is 5.13. The fraction of sp³-hybridized carbons (Fsp3) is 0.680. The van der Waals surface area contributed by atoms with Crippen LogP contribution in [0, 0.1) is 0 Å². The molecule has 0 aliphatic rings. The standard InChI is InChI=1S/C25H42O2/c1-3-5-7-8-9-10-11-12-17-21-25(26,20-16-6-4-2)23-27-22-24-18-14-13-15-19-24/h4,13-15,18-19,26H,2-3,5-12,16-17,20-23H2,1H3/t25-/m0/s1. The molecule has 0 unspecified atom stereocenters. The third-order valence-corrected chi connectivity index (χ3v) is 5.28. The molecule has 1 N–H and O–H groups in total. The molecule has 27 heavy (non-hydrogen) atoms. The predicted molar refractivity (Wildman–Crippen MR) is 117 cm³/mol. The van der Waals surface area contributed by atoms with Gasteiger partial charge < -0.3 is 9.84 Å². The lowest BCUT2D eigenvalue weighted by molar-refractivity contribution is -0.0642. The molecule has 0 radical (unpaired) electrons. The van der Waals surface area contributed by atoms with E-state index in [1.165, 1.54) is 51.4 Å². The summed E-state index contributed by atoms with van der Waals surface area (Å²) in [5.74, 6) is 0. The first kappa shape index (κ1) is 23.9. The van der Waals surface area contributed by atoms with Crippen molar-refractivity contribution in [2.24, 2.45) is 0 Å². The predicted octanol–water partition coefficient (Wildman–Crippen LogP) is 7.21. The number of ether oxygens (including phenoxy) is 1. The maximum Gasteiger partial charge on any atom is 0.0880 e. The van der Waals surface area contributed by atoms with Gasteiger partial charge in [0.15, 0.2) is 0 Å². The minimum Gasteiger partial charge on any atom is -0.387 e. The van der Waals surface area contributed by atoms with Gasteiger partial charge in [0, 0.05) is 0 Å². The van der Waals surface area contributed by atoms with Crippen molar-refractivity contribution >= 4 is 0 Å². The molecule has 0 heterocycles. The van der Waals surface area contributed by atoms with Crippen molar-refractivity contribution in [1.29, 1.82) is 0 Å². The summed E-state index contributed by atoms with van der Waals surface area (Å²) in [4.78, 5) is 0. The summed E-state index contributed by atoms with van der Waals surface area (Å²) in [5, 5.41) is 11.1. The second-order valence-corrected chi connectivity index (χ2v) is 7.96. The number of rotatable bonds is 18. The number of allylic oxidation sites excluding steroid dienone is 1. The first-order valence-electron chi connectivity index (χ1n) is 11.1. The van der Waals surface area contributed by atoms with E-state index in [4.69, 9.17) is 4.74 Å². The van der Waals surface area contributed by atoms with Gasteiger partial charge in [-0.15, -0.1) is 6.58 Å². The first-order valence-corrected chi connectivity index (χ1v) is 11.1. The molecule has 2 nitrogen and oxygen atoms in total. The van der Waals surface area contributed by atoms with Crippen LogP contribution in [0.25, 0.3) is 0 Å². The molecule has 2 heteroatoms. The van der Waals surface area contributed by atoms with Gasteiger partial charge in [0.05, 0.1) is 18.8 Å². The summed E-state index contributed by atoms with van der Waals surface area (Å²) < 4.78 is 5.87. The summed E-state index contributed by atoms with van der Waals surface area (Å²) in [6.07, 6.45) is 17.3. The van der Waals surface area contributed by atoms with Crippen LogP contribution >= 0.6 is 0 Å². The van der Waals surface area contributed by atoms with Gasteiger partial charge in [-0.2, -0.15) is 0 Å². The molecule has 0 amide bonds. The van der Waals surface area contributed by atoms with E-state index in [9.17, 15) is 5.11 Å². The lowest BCUT2D eigenvalue weighted by Gasteiger charge is -2.28. The zero-order valence-corrected chi connectivity index (χ0v) is 17.6. The molecule has 1 rings (SSSR count). The summed E-state index contributed by atoms with van der Waals surface area (Å²) in [6, 6.07) is 10.2. The van der Waals surface area contributed by atoms with Gasteiger partial charge in [-0.1, -0.05) is 101 Å². The largest absolute Gasteiger partial charge is 0.387 e. The van der Waals surface area contributed by atoms with E-state index in [0.29, 0.717) is 13.2 Å². The Kier molecular flexibility index (Phi) is 14.1. The molecule has 0 bridgehead atoms. The number of hydrogen-bond acceptors (Lipinski definition) is 2. The van der Waals surface area contributed by atoms with Gasteiger partial charge in [0.1, 0.15) is 0 Å². The lowest BCUT2D eigenvalue weighted by atomic mass is 9.91. The number of hydrogen-bond donors (Lipinski definition) is 1. The molecule has 0 fully saturated rings. The lowest BCUT2D eigenvalue weighted by Crippen LogP contribution is -2.34. The van der Waals surface area contributed by atoms with Crippen LogP contribution in [0.3, 0.4) is 0 Å². The van der Waals surface area contributed by atoms with Crippen molar-refractivity contribution in [3.05, 3.63) is 48.6 Å². The van der Waals surface area contributed by atoms with Crippen LogP contribution in [0.4, 0.5) is 0 Å². The molecule has 1 atom stereocenters. The quantitative estimate of drug-likeness (QED) is 0.217. The van der Waals surface area contributed by atoms with Gasteiger partial charge in [0.2, 0.25) is 0 Å². The van der Waals surface area contributed by atoms with Gasteiger partial charge in [0.25, 0.3) is 0 Å². The van der Waals surface area contributed by atoms with Crippen LogP contribution in [0.5, 0.6) is 0 Å². The van der Waals surface area contributed by atoms with Crippen molar-refractivity contribution in [2.45, 2.75) is 103 Å². The Bertz CT molecular complexity index is 457. The SMILES string of the molecule is C=CCCC[C@](O)(CCCCCCCCCCC)COCc1ccccc1. The highest BCUT2D eigenvalue weighted by Crippen LogP contribution is 2.24. The maximum atomic E-state index is 11.1. The first-order chi connectivity index (χ1) is 13.2. The Morgan fingerprint density at radius 3 is 2.11 bits per heavy atom. The number of unbranched alkanes of at least 4 members (excludes halogenated alkanes) is 9. The molecule has 0 aliphatic carbocycles. The zero-order chi connectivity index (χ0) is 19.6. The number of aliphatic hydroxyl groups is 1. The summed E-state index contributed by atoms with van der Waals surface area (Å²) in [5.41, 5.74) is 0.466. The van der Waals surface area contributed by atoms with Crippen molar-refractivity contribution in [3.63, 3.8) is 0 Å². The Balaban J connectivity index is 2.24. The molecule has 0 saturated carbocycles. The van der Waals surface area contributed by atoms with Crippen LogP contribution in [0.1, 0.15) is 96.0 Å². The molecule has 1 aromatic carbocycles. The van der Waals surface area contributed by atoms with E-state index >= 15 is 0 Å². The average Bonchev–Trinajstić information content (AvgIpc) is 2.68. The Hall–Kier alpha value is -1.12. The van der Waals surface area contributed by atoms with Crippen LogP contribution in [0.15, 0.2) is 43.0 Å². The van der Waals surface area contributed by atoms with E-state index in [1.807, 2.05) is 24.3 Å². The van der Waals surface area contributed by atoms with E-state index in [1.54, 1.807) is 0 Å². The summed E-state index contributed by atoms with van der Waals surface area (Å²) >= 11 is 0. The Morgan fingerprint density at radius 2 is 1.48 bits per heavy atom. The summed E-state index contributed by atoms with van der Waals surface area (Å²) in [6.45, 7) is 7.05. The average molecular weight is 375 g/mol. The van der Waals surface area contributed by atoms with Crippen LogP contribution in [-0.2, 0) is 11.3 Å². The third kappa shape index (κ3) is 12.8. The van der Waals surface area contributed by atoms with E-state index in [0.717, 1.165) is 37.7 Å². The van der Waals surface area contributed by atoms with E-state index in [2.05, 4.69) is 25.6 Å². The van der Waals surface area contributed by atoms with Crippen molar-refractivity contribution in [1.82, 2.24) is 0 Å². The normalized spacial score (nSPS) is 13.4. The van der Waals surface area contributed by atoms with Gasteiger partial charge in [-0.05, 0) is 31.2 Å². The minimum atomic E-state index is -0.696. The monoisotopic (exact) mass is 374 g/mol. The molecule has 154 valence electrons. The van der Waals surface area contributed by atoms with Crippen LogP contribution in [-0.4, -0.2) is 17.3 Å². The second-order valence-electron chi connectivity index (χ2n) is 7.96. The molecule has 0 aliphatic heterocycles. The molecule has 0 aromatic heterocycles. The van der Waals surface area contributed by atoms with Crippen molar-refractivity contribution in [2.75, 3.05) is 6.61 Å². The zero-order valence-electron chi connectivity index (χ0n) is 17.6. The van der Waals surface area contributed by atoms with Gasteiger partial charge >= 0.3 is 0 Å². The van der Waals surface area contributed by atoms with Crippen LogP contribution < -0.4 is 0 Å². The third-order valence-electron chi connectivity index (χ3n) is 5.28. The van der Waals surface area contributed by atoms with E-state index < -0.39 is 5.60 Å². The molecular formula is C25H42O2. The smallest absolute Gasteiger partial charge is 0.0880 e. The molecule has 1 aromatic rings. The Labute approximate surface area is 168 Å². The topological polar surface area (TPSA) is 29.5 Å². The highest BCUT2D eigenvalue weighted by atomic mass is 16.5. The van der Waals surface area contributed by atoms with E-state index in [-0.39, 0.29) is 0 Å². The number of benzene rings is 1. The fourth-order valence-corrected chi connectivity index (χ4v) is 3.54. The minimum absolute atomic E-state index is 0.427. The highest BCUT2D eigenvalue weighted by Gasteiger charge is 2.26. The van der Waals surface area contributed by atoms with Crippen LogP contribution in [0.2, 0.25) is 0 Å². The second kappa shape index (κ2) is 15.9. The van der Waals surface area contributed by atoms with Crippen molar-refractivity contribution < 1.29 is 9.84 Å². The molecule has 0 spiro atoms. The maximum absolute atomic E-state index is 11.1. The molecular weight excluding hydrogens is 332 g/mol. The van der Waals surface area contributed by atoms with Gasteiger partial charge in [-0.3, -0.25) is 0 Å².